The molecule has 0 unspecified atom stereocenters. The summed E-state index contributed by atoms with van der Waals surface area (Å²) in [5, 5.41) is 5.35. The Morgan fingerprint density at radius 3 is 2.44 bits per heavy atom. The van der Waals surface area contributed by atoms with Gasteiger partial charge >= 0.3 is 12.1 Å². The van der Waals surface area contributed by atoms with Crippen LogP contribution in [-0.2, 0) is 30.2 Å². The van der Waals surface area contributed by atoms with Crippen molar-refractivity contribution < 1.29 is 33.4 Å². The third-order valence-electron chi connectivity index (χ3n) is 5.20. The number of ether oxygens (including phenoxy) is 3. The monoisotopic (exact) mass is 832 g/mol. The Bertz CT molecular complexity index is 1140. The van der Waals surface area contributed by atoms with E-state index in [2.05, 4.69) is 22.5 Å². The zero-order valence-corrected chi connectivity index (χ0v) is 27.4. The molecule has 1 heterocycles. The van der Waals surface area contributed by atoms with Crippen LogP contribution < -0.4 is 10.6 Å². The second-order valence-corrected chi connectivity index (χ2v) is 9.49. The normalized spacial score (nSPS) is 10.4. The molecule has 0 radical (unpaired) electrons. The van der Waals surface area contributed by atoms with E-state index in [1.807, 2.05) is 24.3 Å². The molecule has 0 atom stereocenters. The van der Waals surface area contributed by atoms with Crippen LogP contribution >= 0.6 is 13.5 Å². The zero-order valence-electron chi connectivity index (χ0n) is 24.0. The number of pyridine rings is 1. The molecule has 232 valence electrons. The maximum atomic E-state index is 12.9. The molecule has 0 aliphatic rings. The van der Waals surface area contributed by atoms with Crippen LogP contribution in [0.25, 0.3) is 11.1 Å². The van der Waals surface area contributed by atoms with Crippen molar-refractivity contribution in [1.29, 1.82) is 0 Å². The van der Waals surface area contributed by atoms with Crippen LogP contribution in [0.4, 0.5) is 10.5 Å². The van der Waals surface area contributed by atoms with E-state index < -0.39 is 23.6 Å². The summed E-state index contributed by atoms with van der Waals surface area (Å²) in [4.78, 5) is 53.3. The molecule has 0 saturated carbocycles. The Morgan fingerprint density at radius 1 is 1.07 bits per heavy atom. The van der Waals surface area contributed by atoms with Crippen molar-refractivity contribution in [3.05, 3.63) is 47.8 Å². The summed E-state index contributed by atoms with van der Waals surface area (Å²) in [5.41, 5.74) is 2.28. The fourth-order valence-corrected chi connectivity index (χ4v) is 3.40. The van der Waals surface area contributed by atoms with E-state index in [1.54, 1.807) is 46.4 Å². The summed E-state index contributed by atoms with van der Waals surface area (Å²) >= 11 is 0. The van der Waals surface area contributed by atoms with E-state index in [1.165, 1.54) is 0 Å². The third kappa shape index (κ3) is 12.8. The van der Waals surface area contributed by atoms with E-state index in [0.29, 0.717) is 0 Å². The van der Waals surface area contributed by atoms with Crippen LogP contribution in [0.5, 0.6) is 0 Å². The molecule has 3 amide bonds. The second kappa shape index (κ2) is 17.9. The van der Waals surface area contributed by atoms with Gasteiger partial charge < -0.3 is 29.2 Å². The van der Waals surface area contributed by atoms with Crippen LogP contribution in [0.15, 0.2) is 36.5 Å². The number of nitrogens with zero attached hydrogens (tertiary/aromatic N) is 2. The largest absolute Gasteiger partial charge is 0.520 e. The minimum absolute atomic E-state index is 0. The van der Waals surface area contributed by atoms with Gasteiger partial charge in [-0.3, -0.25) is 14.9 Å². The fourth-order valence-electron chi connectivity index (χ4n) is 3.40. The maximum Gasteiger partial charge on any atom is 0.412 e. The number of amides is 3. The van der Waals surface area contributed by atoms with Gasteiger partial charge in [0.05, 0.1) is 32.1 Å². The van der Waals surface area contributed by atoms with Crippen molar-refractivity contribution in [2.75, 3.05) is 44.8 Å². The summed E-state index contributed by atoms with van der Waals surface area (Å²) in [6, 6.07) is 9.61. The van der Waals surface area contributed by atoms with E-state index in [4.69, 9.17) is 14.2 Å². The number of benzene rings is 1. The van der Waals surface area contributed by atoms with Crippen molar-refractivity contribution >= 4 is 43.6 Å². The Labute approximate surface area is 242 Å². The zero-order chi connectivity index (χ0) is 28.8. The first-order chi connectivity index (χ1) is 18.6. The summed E-state index contributed by atoms with van der Waals surface area (Å²) in [6.45, 7) is 9.55. The molecule has 0 bridgehead atoms. The fraction of sp³-hybridized carbons (Fsp3) is 0.464. The van der Waals surface area contributed by atoms with Gasteiger partial charge in [-0.2, -0.15) is 19.9 Å². The van der Waals surface area contributed by atoms with E-state index in [-0.39, 0.29) is 64.3 Å². The number of carbonyl (C=O) groups excluding carboxylic acids is 4. The first kappa shape index (κ1) is 36.4. The Morgan fingerprint density at radius 2 is 1.80 bits per heavy atom. The average Bonchev–Trinajstić information content (AvgIpc) is 2.88. The van der Waals surface area contributed by atoms with Gasteiger partial charge in [-0.15, -0.1) is 0 Å². The molecule has 41 heavy (non-hydrogen) atoms. The van der Waals surface area contributed by atoms with Gasteiger partial charge in [0, 0.05) is 24.8 Å². The molecule has 0 saturated heterocycles. The van der Waals surface area contributed by atoms with Crippen LogP contribution in [0.2, 0.25) is 0 Å². The minimum atomic E-state index is -0.724. The number of rotatable bonds is 14. The summed E-state index contributed by atoms with van der Waals surface area (Å²) in [6.07, 6.45) is 3.39. The second-order valence-electron chi connectivity index (χ2n) is 9.49. The minimum Gasteiger partial charge on any atom is -0.520 e. The third-order valence-corrected chi connectivity index (χ3v) is 5.20. The van der Waals surface area contributed by atoms with Crippen molar-refractivity contribution in [2.24, 2.45) is 0 Å². The molecule has 0 aliphatic heterocycles. The van der Waals surface area contributed by atoms with Gasteiger partial charge in [0.2, 0.25) is 0 Å². The number of anilines is 1. The molecule has 0 spiro atoms. The first-order valence-corrected chi connectivity index (χ1v) is 12.8. The number of carbonyl (C=O) groups is 3. The Hall–Kier alpha value is -4.64. The molecule has 0 aliphatic carbocycles. The van der Waals surface area contributed by atoms with Crippen molar-refractivity contribution in [3.63, 3.8) is 0 Å². The van der Waals surface area contributed by atoms with Gasteiger partial charge in [0.25, 0.3) is 5.91 Å². The van der Waals surface area contributed by atoms with Gasteiger partial charge in [0.15, 0.2) is 5.69 Å². The SMILES string of the molecule is CCOC(=O)CN([C-]=O)CCOCCNC(=O)c1ncc(-c2cccc(CC)c2)cc1NC(=O)OC(C)(C)C.S.[Fm]. The topological polar surface area (TPSA) is 136 Å². The summed E-state index contributed by atoms with van der Waals surface area (Å²) in [5.74, 6) is -1.04. The number of hydrogen-bond donors (Lipinski definition) is 2. The molecule has 13 heteroatoms. The van der Waals surface area contributed by atoms with Gasteiger partial charge in [-0.05, 0) is 51.3 Å². The molecule has 0 fully saturated rings. The number of aromatic nitrogens is 1. The van der Waals surface area contributed by atoms with Crippen LogP contribution in [0, 0.1) is 0 Å². The standard InChI is InChI=1S/C28H37N4O7.Fm.H2S/c1-6-20-9-8-10-21(15-20)22-16-23(31-27(36)39-28(3,4)5)25(30-17-22)26(35)29-11-13-37-14-12-32(19-33)18-24(34)38-7-2;;/h8-10,15-17H,6-7,11-14,18H2,1-5H3,(H,29,35)(H,31,36);;1H2/q-1;;. The quantitative estimate of drug-likeness (QED) is 0.128. The van der Waals surface area contributed by atoms with Crippen molar-refractivity contribution in [2.45, 2.75) is 46.6 Å². The van der Waals surface area contributed by atoms with Gasteiger partial charge in [0.1, 0.15) is 5.60 Å². The molecule has 1 aromatic heterocycles. The van der Waals surface area contributed by atoms with Crippen molar-refractivity contribution in [1.82, 2.24) is 15.2 Å². The number of esters is 1. The molecule has 2 aromatic rings. The van der Waals surface area contributed by atoms with Crippen LogP contribution in [-0.4, -0.2) is 79.3 Å². The molecular formula is C28H39FmN4O7S-. The van der Waals surface area contributed by atoms with E-state index in [9.17, 15) is 19.2 Å². The maximum absolute atomic E-state index is 12.9. The van der Waals surface area contributed by atoms with Crippen molar-refractivity contribution in [3.8, 4) is 11.1 Å². The van der Waals surface area contributed by atoms with Gasteiger partial charge in [-0.25, -0.2) is 9.78 Å². The molecule has 11 nitrogen and oxygen atoms in total. The van der Waals surface area contributed by atoms with Crippen LogP contribution in [0.1, 0.15) is 50.7 Å². The molecular weight excluding hydrogens is 793 g/mol. The van der Waals surface area contributed by atoms with E-state index in [0.717, 1.165) is 28.0 Å². The molecule has 2 rings (SSSR count). The Kier molecular flexibility index (Phi) is 15.8. The smallest absolute Gasteiger partial charge is 0.412 e. The average molecular weight is 833 g/mol. The predicted molar refractivity (Wildman–Crippen MR) is 156 cm³/mol. The molecule has 2 N–H and O–H groups in total. The number of hydrogen-bond acceptors (Lipinski definition) is 8. The Balaban J connectivity index is 0.00000800. The van der Waals surface area contributed by atoms with E-state index >= 15 is 0 Å². The summed E-state index contributed by atoms with van der Waals surface area (Å²) < 4.78 is 15.6. The van der Waals surface area contributed by atoms with Gasteiger partial charge in [-0.1, -0.05) is 31.2 Å². The summed E-state index contributed by atoms with van der Waals surface area (Å²) in [7, 11) is 0. The number of nitrogens with one attached hydrogen (secondary N) is 2. The number of aryl methyl sites for hydroxylation is 1. The predicted octanol–water partition coefficient (Wildman–Crippen LogP) is 3.45. The molecule has 1 aromatic carbocycles. The van der Waals surface area contributed by atoms with Crippen LogP contribution in [0.3, 0.4) is 0 Å². The first-order valence-electron chi connectivity index (χ1n) is 12.8.